The van der Waals surface area contributed by atoms with Crippen LogP contribution in [-0.2, 0) is 17.6 Å². The van der Waals surface area contributed by atoms with Gasteiger partial charge in [0.25, 0.3) is 0 Å². The molecule has 1 N–H and O–H groups in total. The third-order valence-electron chi connectivity index (χ3n) is 5.71. The van der Waals surface area contributed by atoms with Crippen LogP contribution in [0.15, 0.2) is 22.7 Å². The minimum atomic E-state index is -0.361. The average molecular weight is 446 g/mol. The maximum Gasteiger partial charge on any atom is 0.321 e. The number of anilines is 1. The number of halogens is 1. The van der Waals surface area contributed by atoms with Crippen LogP contribution < -0.4 is 5.32 Å². The molecule has 0 spiro atoms. The lowest BCUT2D eigenvalue weighted by Crippen LogP contribution is -2.52. The average Bonchev–Trinajstić information content (AvgIpc) is 3.18. The van der Waals surface area contributed by atoms with Gasteiger partial charge in [0, 0.05) is 56.7 Å². The van der Waals surface area contributed by atoms with Gasteiger partial charge in [-0.2, -0.15) is 4.98 Å². The zero-order valence-electron chi connectivity index (χ0n) is 19.2. The van der Waals surface area contributed by atoms with Crippen LogP contribution in [0, 0.1) is 18.7 Å². The highest BCUT2D eigenvalue weighted by atomic mass is 19.1. The molecule has 1 aliphatic rings. The third kappa shape index (κ3) is 6.05. The van der Waals surface area contributed by atoms with E-state index in [-0.39, 0.29) is 23.8 Å². The molecule has 1 aromatic heterocycles. The Balaban J connectivity index is 1.60. The Morgan fingerprint density at radius 3 is 2.88 bits per heavy atom. The standard InChI is InChI=1S/C23H32FN5O3/c1-15(2)13-22-26-21(27-32-22)10-12-29(17(4)30)18-7-6-11-28(14-18)23(31)25-20-9-5-8-19(24)16(20)3/h5,8-9,15,18H,6-7,10-14H2,1-4H3,(H,25,31). The van der Waals surface area contributed by atoms with Crippen molar-refractivity contribution in [2.24, 2.45) is 5.92 Å². The van der Waals surface area contributed by atoms with E-state index in [9.17, 15) is 14.0 Å². The van der Waals surface area contributed by atoms with E-state index in [0.29, 0.717) is 54.9 Å². The van der Waals surface area contributed by atoms with Gasteiger partial charge in [0.05, 0.1) is 0 Å². The SMILES string of the molecule is CC(=O)N(CCc1noc(CC(C)C)n1)C1CCCN(C(=O)Nc2cccc(F)c2C)C1. The Labute approximate surface area is 188 Å². The number of carbonyl (C=O) groups is 2. The van der Waals surface area contributed by atoms with Gasteiger partial charge in [0.15, 0.2) is 5.82 Å². The molecular formula is C23H32FN5O3. The van der Waals surface area contributed by atoms with Gasteiger partial charge in [-0.15, -0.1) is 0 Å². The summed E-state index contributed by atoms with van der Waals surface area (Å²) in [7, 11) is 0. The molecule has 0 saturated carbocycles. The second-order valence-electron chi connectivity index (χ2n) is 8.75. The van der Waals surface area contributed by atoms with Gasteiger partial charge in [-0.3, -0.25) is 4.79 Å². The van der Waals surface area contributed by atoms with E-state index in [1.165, 1.54) is 13.0 Å². The van der Waals surface area contributed by atoms with Crippen molar-refractivity contribution >= 4 is 17.6 Å². The van der Waals surface area contributed by atoms with Gasteiger partial charge in [0.2, 0.25) is 11.8 Å². The molecule has 8 nitrogen and oxygen atoms in total. The summed E-state index contributed by atoms with van der Waals surface area (Å²) >= 11 is 0. The van der Waals surface area contributed by atoms with Crippen LogP contribution >= 0.6 is 0 Å². The summed E-state index contributed by atoms with van der Waals surface area (Å²) in [6, 6.07) is 4.23. The number of carbonyl (C=O) groups excluding carboxylic acids is 2. The Kier molecular flexibility index (Phi) is 7.82. The molecule has 32 heavy (non-hydrogen) atoms. The molecule has 1 fully saturated rings. The normalized spacial score (nSPS) is 16.3. The number of benzene rings is 1. The van der Waals surface area contributed by atoms with E-state index in [0.717, 1.165) is 19.3 Å². The molecule has 1 aliphatic heterocycles. The van der Waals surface area contributed by atoms with Crippen molar-refractivity contribution in [3.63, 3.8) is 0 Å². The van der Waals surface area contributed by atoms with Crippen LogP contribution in [-0.4, -0.2) is 57.6 Å². The van der Waals surface area contributed by atoms with Crippen LogP contribution in [0.5, 0.6) is 0 Å². The monoisotopic (exact) mass is 445 g/mol. The van der Waals surface area contributed by atoms with Crippen molar-refractivity contribution in [1.29, 1.82) is 0 Å². The highest BCUT2D eigenvalue weighted by molar-refractivity contribution is 5.90. The first-order valence-corrected chi connectivity index (χ1v) is 11.1. The van der Waals surface area contributed by atoms with E-state index < -0.39 is 0 Å². The summed E-state index contributed by atoms with van der Waals surface area (Å²) in [6.45, 7) is 8.81. The predicted octanol–water partition coefficient (Wildman–Crippen LogP) is 3.80. The van der Waals surface area contributed by atoms with E-state index >= 15 is 0 Å². The topological polar surface area (TPSA) is 91.6 Å². The van der Waals surface area contributed by atoms with Gasteiger partial charge in [-0.05, 0) is 37.8 Å². The van der Waals surface area contributed by atoms with Crippen molar-refractivity contribution in [2.45, 2.75) is 59.4 Å². The first kappa shape index (κ1) is 23.7. The summed E-state index contributed by atoms with van der Waals surface area (Å²) < 4.78 is 19.1. The van der Waals surface area contributed by atoms with E-state index in [4.69, 9.17) is 4.52 Å². The van der Waals surface area contributed by atoms with Crippen molar-refractivity contribution in [2.75, 3.05) is 25.0 Å². The first-order valence-electron chi connectivity index (χ1n) is 11.1. The van der Waals surface area contributed by atoms with Crippen LogP contribution in [0.4, 0.5) is 14.9 Å². The van der Waals surface area contributed by atoms with Crippen molar-refractivity contribution in [3.05, 3.63) is 41.3 Å². The Morgan fingerprint density at radius 1 is 1.38 bits per heavy atom. The Morgan fingerprint density at radius 2 is 2.16 bits per heavy atom. The second kappa shape index (κ2) is 10.6. The van der Waals surface area contributed by atoms with Gasteiger partial charge in [-0.25, -0.2) is 9.18 Å². The summed E-state index contributed by atoms with van der Waals surface area (Å²) in [6.07, 6.45) is 2.81. The van der Waals surface area contributed by atoms with Crippen molar-refractivity contribution < 1.29 is 18.5 Å². The maximum atomic E-state index is 13.8. The molecule has 1 unspecified atom stereocenters. The van der Waals surface area contributed by atoms with Crippen molar-refractivity contribution in [1.82, 2.24) is 19.9 Å². The largest absolute Gasteiger partial charge is 0.339 e. The number of rotatable bonds is 7. The zero-order valence-corrected chi connectivity index (χ0v) is 19.2. The molecule has 0 aliphatic carbocycles. The fraction of sp³-hybridized carbons (Fsp3) is 0.565. The quantitative estimate of drug-likeness (QED) is 0.700. The zero-order chi connectivity index (χ0) is 23.3. The molecule has 9 heteroatoms. The molecule has 1 saturated heterocycles. The fourth-order valence-corrected chi connectivity index (χ4v) is 3.97. The number of urea groups is 1. The minimum absolute atomic E-state index is 0.0517. The fourth-order valence-electron chi connectivity index (χ4n) is 3.97. The smallest absolute Gasteiger partial charge is 0.321 e. The number of amides is 3. The highest BCUT2D eigenvalue weighted by Gasteiger charge is 2.29. The molecule has 174 valence electrons. The first-order chi connectivity index (χ1) is 15.2. The van der Waals surface area contributed by atoms with Gasteiger partial charge < -0.3 is 19.6 Å². The molecule has 3 amide bonds. The summed E-state index contributed by atoms with van der Waals surface area (Å²) in [4.78, 5) is 33.0. The summed E-state index contributed by atoms with van der Waals surface area (Å²) in [5.74, 6) is 1.20. The van der Waals surface area contributed by atoms with E-state index in [1.54, 1.807) is 28.9 Å². The van der Waals surface area contributed by atoms with Gasteiger partial charge in [-0.1, -0.05) is 25.1 Å². The third-order valence-corrected chi connectivity index (χ3v) is 5.71. The lowest BCUT2D eigenvalue weighted by molar-refractivity contribution is -0.132. The van der Waals surface area contributed by atoms with E-state index in [2.05, 4.69) is 29.3 Å². The highest BCUT2D eigenvalue weighted by Crippen LogP contribution is 2.21. The molecule has 2 heterocycles. The van der Waals surface area contributed by atoms with Crippen LogP contribution in [0.1, 0.15) is 50.9 Å². The molecule has 1 aromatic carbocycles. The lowest BCUT2D eigenvalue weighted by atomic mass is 10.0. The number of piperidine rings is 1. The number of nitrogens with one attached hydrogen (secondary N) is 1. The minimum Gasteiger partial charge on any atom is -0.339 e. The van der Waals surface area contributed by atoms with Crippen LogP contribution in [0.25, 0.3) is 0 Å². The Hall–Kier alpha value is -2.97. The number of aromatic nitrogens is 2. The molecule has 0 radical (unpaired) electrons. The van der Waals surface area contributed by atoms with Crippen molar-refractivity contribution in [3.8, 4) is 0 Å². The Bertz CT molecular complexity index is 945. The van der Waals surface area contributed by atoms with Crippen LogP contribution in [0.3, 0.4) is 0 Å². The predicted molar refractivity (Wildman–Crippen MR) is 119 cm³/mol. The molecular weight excluding hydrogens is 413 g/mol. The number of hydrogen-bond donors (Lipinski definition) is 1. The van der Waals surface area contributed by atoms with Gasteiger partial charge >= 0.3 is 6.03 Å². The molecule has 3 rings (SSSR count). The number of hydrogen-bond acceptors (Lipinski definition) is 5. The van der Waals surface area contributed by atoms with Crippen LogP contribution in [0.2, 0.25) is 0 Å². The number of likely N-dealkylation sites (tertiary alicyclic amines) is 1. The van der Waals surface area contributed by atoms with E-state index in [1.807, 2.05) is 0 Å². The lowest BCUT2D eigenvalue weighted by Gasteiger charge is -2.39. The molecule has 1 atom stereocenters. The molecule has 2 aromatic rings. The summed E-state index contributed by atoms with van der Waals surface area (Å²) in [5, 5.41) is 6.82. The summed E-state index contributed by atoms with van der Waals surface area (Å²) in [5.41, 5.74) is 0.853. The second-order valence-corrected chi connectivity index (χ2v) is 8.75. The molecule has 0 bridgehead atoms. The number of nitrogens with zero attached hydrogens (tertiary/aromatic N) is 4. The maximum absolute atomic E-state index is 13.8. The van der Waals surface area contributed by atoms with Gasteiger partial charge in [0.1, 0.15) is 5.82 Å².